The lowest BCUT2D eigenvalue weighted by atomic mass is 10.2. The number of aryl methyl sites for hydroxylation is 1. The van der Waals surface area contributed by atoms with Gasteiger partial charge in [0.05, 0.1) is 25.6 Å². The van der Waals surface area contributed by atoms with Crippen molar-refractivity contribution in [1.82, 2.24) is 24.5 Å². The number of carbonyl (C=O) groups is 1. The standard InChI is InChI=1S/C24H24N6O6/c1-4-29-23(32)21(27-30(24(29)33)15-8-6-5-7-9-15)22-26-20(36-28-22)13-12-19(31)25-17-14-16(34-2)10-11-18(17)35-3/h5-11,14H,4,12-13H2,1-3H3,(H,25,31). The highest BCUT2D eigenvalue weighted by Gasteiger charge is 2.20. The SMILES string of the molecule is CCn1c(=O)c(-c2noc(CCC(=O)Nc3cc(OC)ccc3OC)n2)nn(-c2ccccc2)c1=O. The largest absolute Gasteiger partial charge is 0.497 e. The van der Waals surface area contributed by atoms with Crippen LogP contribution < -0.4 is 26.0 Å². The smallest absolute Gasteiger partial charge is 0.352 e. The number of anilines is 1. The zero-order valence-corrected chi connectivity index (χ0v) is 19.9. The van der Waals surface area contributed by atoms with Gasteiger partial charge >= 0.3 is 5.69 Å². The Bertz CT molecular complexity index is 1490. The fourth-order valence-corrected chi connectivity index (χ4v) is 3.47. The van der Waals surface area contributed by atoms with Gasteiger partial charge < -0.3 is 19.3 Å². The van der Waals surface area contributed by atoms with E-state index in [0.717, 1.165) is 9.25 Å². The molecule has 186 valence electrons. The summed E-state index contributed by atoms with van der Waals surface area (Å²) in [5.74, 6) is 0.798. The van der Waals surface area contributed by atoms with Crippen LogP contribution in [0.25, 0.3) is 17.2 Å². The number of ether oxygens (including phenoxy) is 2. The van der Waals surface area contributed by atoms with Gasteiger partial charge in [-0.3, -0.25) is 14.2 Å². The van der Waals surface area contributed by atoms with Crippen molar-refractivity contribution in [2.75, 3.05) is 19.5 Å². The van der Waals surface area contributed by atoms with Crippen molar-refractivity contribution in [2.24, 2.45) is 0 Å². The molecule has 12 nitrogen and oxygen atoms in total. The Balaban J connectivity index is 1.54. The molecule has 0 radical (unpaired) electrons. The van der Waals surface area contributed by atoms with Crippen molar-refractivity contribution < 1.29 is 18.8 Å². The number of benzene rings is 2. The predicted octanol–water partition coefficient (Wildman–Crippen LogP) is 2.05. The number of amides is 1. The first kappa shape index (κ1) is 24.4. The highest BCUT2D eigenvalue weighted by Crippen LogP contribution is 2.29. The van der Waals surface area contributed by atoms with Gasteiger partial charge in [-0.1, -0.05) is 23.4 Å². The molecule has 0 aliphatic heterocycles. The summed E-state index contributed by atoms with van der Waals surface area (Å²) in [6, 6.07) is 13.7. The maximum Gasteiger partial charge on any atom is 0.352 e. The van der Waals surface area contributed by atoms with E-state index in [4.69, 9.17) is 14.0 Å². The molecule has 1 N–H and O–H groups in total. The number of nitrogens with zero attached hydrogens (tertiary/aromatic N) is 5. The third-order valence-corrected chi connectivity index (χ3v) is 5.30. The van der Waals surface area contributed by atoms with E-state index in [9.17, 15) is 14.4 Å². The zero-order chi connectivity index (χ0) is 25.7. The third kappa shape index (κ3) is 5.02. The highest BCUT2D eigenvalue weighted by molar-refractivity contribution is 5.92. The molecule has 4 rings (SSSR count). The minimum atomic E-state index is -0.634. The molecular formula is C24H24N6O6. The molecule has 0 aliphatic carbocycles. The van der Waals surface area contributed by atoms with E-state index in [-0.39, 0.29) is 42.7 Å². The van der Waals surface area contributed by atoms with Crippen LogP contribution in [-0.2, 0) is 17.8 Å². The molecule has 0 aliphatic rings. The molecule has 12 heteroatoms. The van der Waals surface area contributed by atoms with Crippen LogP contribution >= 0.6 is 0 Å². The second-order valence-electron chi connectivity index (χ2n) is 7.55. The number of para-hydroxylation sites is 1. The lowest BCUT2D eigenvalue weighted by Gasteiger charge is -2.11. The average Bonchev–Trinajstić information content (AvgIpc) is 3.37. The highest BCUT2D eigenvalue weighted by atomic mass is 16.5. The van der Waals surface area contributed by atoms with Gasteiger partial charge in [0.15, 0.2) is 5.69 Å². The first-order valence-electron chi connectivity index (χ1n) is 11.1. The summed E-state index contributed by atoms with van der Waals surface area (Å²) >= 11 is 0. The van der Waals surface area contributed by atoms with E-state index in [1.54, 1.807) is 55.5 Å². The van der Waals surface area contributed by atoms with Crippen LogP contribution in [0.4, 0.5) is 5.69 Å². The van der Waals surface area contributed by atoms with Crippen LogP contribution in [0, 0.1) is 0 Å². The molecule has 0 saturated heterocycles. The number of rotatable bonds is 9. The summed E-state index contributed by atoms with van der Waals surface area (Å²) in [6.45, 7) is 1.82. The Morgan fingerprint density at radius 3 is 2.56 bits per heavy atom. The molecule has 2 aromatic heterocycles. The number of carbonyl (C=O) groups excluding carboxylic acids is 1. The molecule has 1 amide bonds. The maximum absolute atomic E-state index is 12.9. The lowest BCUT2D eigenvalue weighted by Crippen LogP contribution is -2.41. The first-order valence-corrected chi connectivity index (χ1v) is 11.1. The minimum Gasteiger partial charge on any atom is -0.497 e. The van der Waals surface area contributed by atoms with Gasteiger partial charge in [-0.05, 0) is 31.2 Å². The fraction of sp³-hybridized carbons (Fsp3) is 0.250. The summed E-state index contributed by atoms with van der Waals surface area (Å²) in [5.41, 5.74) is -0.406. The number of nitrogens with one attached hydrogen (secondary N) is 1. The second-order valence-corrected chi connectivity index (χ2v) is 7.55. The van der Waals surface area contributed by atoms with Crippen molar-refractivity contribution >= 4 is 11.6 Å². The van der Waals surface area contributed by atoms with Gasteiger partial charge in [0.25, 0.3) is 5.56 Å². The van der Waals surface area contributed by atoms with Crippen molar-refractivity contribution in [2.45, 2.75) is 26.3 Å². The minimum absolute atomic E-state index is 0.0259. The molecule has 0 spiro atoms. The van der Waals surface area contributed by atoms with E-state index in [0.29, 0.717) is 22.9 Å². The van der Waals surface area contributed by atoms with Crippen LogP contribution in [0.3, 0.4) is 0 Å². The van der Waals surface area contributed by atoms with Gasteiger partial charge in [0.2, 0.25) is 17.6 Å². The molecular weight excluding hydrogens is 468 g/mol. The topological polar surface area (TPSA) is 143 Å². The normalized spacial score (nSPS) is 10.8. The number of hydrogen-bond donors (Lipinski definition) is 1. The molecule has 0 bridgehead atoms. The van der Waals surface area contributed by atoms with Crippen molar-refractivity contribution in [3.05, 3.63) is 75.3 Å². The Morgan fingerprint density at radius 2 is 1.86 bits per heavy atom. The van der Waals surface area contributed by atoms with Crippen LogP contribution in [0.2, 0.25) is 0 Å². The monoisotopic (exact) mass is 492 g/mol. The summed E-state index contributed by atoms with van der Waals surface area (Å²) in [6.07, 6.45) is 0.142. The van der Waals surface area contributed by atoms with Gasteiger partial charge in [-0.25, -0.2) is 4.79 Å². The van der Waals surface area contributed by atoms with Gasteiger partial charge in [-0.15, -0.1) is 0 Å². The summed E-state index contributed by atoms with van der Waals surface area (Å²) in [7, 11) is 3.02. The quantitative estimate of drug-likeness (QED) is 0.371. The van der Waals surface area contributed by atoms with E-state index >= 15 is 0 Å². The molecule has 0 saturated carbocycles. The Labute approximate surface area is 205 Å². The Morgan fingerprint density at radius 1 is 1.08 bits per heavy atom. The zero-order valence-electron chi connectivity index (χ0n) is 19.9. The molecule has 0 fully saturated rings. The first-order chi connectivity index (χ1) is 17.4. The van der Waals surface area contributed by atoms with Crippen molar-refractivity contribution in [3.63, 3.8) is 0 Å². The molecule has 0 atom stereocenters. The summed E-state index contributed by atoms with van der Waals surface area (Å²) < 4.78 is 17.9. The number of aromatic nitrogens is 5. The van der Waals surface area contributed by atoms with Crippen LogP contribution in [0.5, 0.6) is 11.5 Å². The van der Waals surface area contributed by atoms with Crippen LogP contribution in [0.1, 0.15) is 19.2 Å². The fourth-order valence-electron chi connectivity index (χ4n) is 3.47. The Kier molecular flexibility index (Phi) is 7.23. The predicted molar refractivity (Wildman–Crippen MR) is 130 cm³/mol. The Hall–Kier alpha value is -4.74. The van der Waals surface area contributed by atoms with Crippen LogP contribution in [0.15, 0.2) is 62.6 Å². The van der Waals surface area contributed by atoms with E-state index in [1.165, 1.54) is 14.2 Å². The van der Waals surface area contributed by atoms with Gasteiger partial charge in [-0.2, -0.15) is 14.8 Å². The summed E-state index contributed by atoms with van der Waals surface area (Å²) in [5, 5.41) is 10.8. The molecule has 36 heavy (non-hydrogen) atoms. The average molecular weight is 492 g/mol. The van der Waals surface area contributed by atoms with Gasteiger partial charge in [0, 0.05) is 25.5 Å². The third-order valence-electron chi connectivity index (χ3n) is 5.30. The lowest BCUT2D eigenvalue weighted by molar-refractivity contribution is -0.116. The number of methoxy groups -OCH3 is 2. The molecule has 4 aromatic rings. The van der Waals surface area contributed by atoms with E-state index in [1.807, 2.05) is 0 Å². The van der Waals surface area contributed by atoms with Gasteiger partial charge in [0.1, 0.15) is 11.5 Å². The van der Waals surface area contributed by atoms with Crippen LogP contribution in [-0.4, -0.2) is 44.6 Å². The molecule has 2 heterocycles. The maximum atomic E-state index is 12.9. The number of hydrogen-bond acceptors (Lipinski definition) is 9. The van der Waals surface area contributed by atoms with Crippen molar-refractivity contribution in [3.8, 4) is 28.7 Å². The van der Waals surface area contributed by atoms with E-state index in [2.05, 4.69) is 20.6 Å². The second kappa shape index (κ2) is 10.7. The molecule has 0 unspecified atom stereocenters. The van der Waals surface area contributed by atoms with Crippen molar-refractivity contribution in [1.29, 1.82) is 0 Å². The van der Waals surface area contributed by atoms with E-state index < -0.39 is 11.2 Å². The molecule has 2 aromatic carbocycles. The summed E-state index contributed by atoms with van der Waals surface area (Å²) in [4.78, 5) is 42.4.